The molecule has 2 aromatic heterocycles. The Labute approximate surface area is 107 Å². The van der Waals surface area contributed by atoms with E-state index in [-0.39, 0.29) is 6.04 Å². The largest absolute Gasteiger partial charge is 0.492 e. The molecule has 18 heavy (non-hydrogen) atoms. The van der Waals surface area contributed by atoms with Gasteiger partial charge in [0.15, 0.2) is 0 Å². The number of ether oxygens (including phenoxy) is 1. The number of nitrogens with one attached hydrogen (secondary N) is 1. The van der Waals surface area contributed by atoms with Crippen LogP contribution in [0.5, 0.6) is 5.75 Å². The van der Waals surface area contributed by atoms with Gasteiger partial charge in [0.05, 0.1) is 18.8 Å². The Hall–Kier alpha value is -1.94. The van der Waals surface area contributed by atoms with Crippen molar-refractivity contribution in [1.82, 2.24) is 15.3 Å². The zero-order valence-electron chi connectivity index (χ0n) is 10.6. The predicted octanol–water partition coefficient (Wildman–Crippen LogP) is 2.18. The fraction of sp³-hybridized carbons (Fsp3) is 0.286. The highest BCUT2D eigenvalue weighted by Gasteiger charge is 2.13. The molecule has 4 nitrogen and oxygen atoms in total. The zero-order valence-corrected chi connectivity index (χ0v) is 10.6. The highest BCUT2D eigenvalue weighted by Crippen LogP contribution is 2.23. The predicted molar refractivity (Wildman–Crippen MR) is 70.5 cm³/mol. The van der Waals surface area contributed by atoms with E-state index in [4.69, 9.17) is 4.74 Å². The van der Waals surface area contributed by atoms with Crippen molar-refractivity contribution in [2.24, 2.45) is 0 Å². The molecule has 0 radical (unpaired) electrons. The van der Waals surface area contributed by atoms with E-state index in [1.165, 1.54) is 0 Å². The molecule has 0 aromatic carbocycles. The normalized spacial score (nSPS) is 12.1. The first-order valence-corrected chi connectivity index (χ1v) is 6.00. The summed E-state index contributed by atoms with van der Waals surface area (Å²) in [5.41, 5.74) is 2.17. The van der Waals surface area contributed by atoms with Crippen molar-refractivity contribution in [3.8, 4) is 5.75 Å². The Morgan fingerprint density at radius 2 is 2.06 bits per heavy atom. The van der Waals surface area contributed by atoms with Crippen molar-refractivity contribution in [1.29, 1.82) is 0 Å². The second kappa shape index (κ2) is 6.12. The highest BCUT2D eigenvalue weighted by molar-refractivity contribution is 5.32. The Morgan fingerprint density at radius 1 is 1.22 bits per heavy atom. The molecule has 0 aliphatic rings. The molecule has 2 heterocycles. The molecule has 0 spiro atoms. The van der Waals surface area contributed by atoms with Crippen LogP contribution in [0.2, 0.25) is 0 Å². The third-order valence-electron chi connectivity index (χ3n) is 2.69. The molecule has 4 heteroatoms. The monoisotopic (exact) mass is 243 g/mol. The summed E-state index contributed by atoms with van der Waals surface area (Å²) in [6.07, 6.45) is 7.19. The van der Waals surface area contributed by atoms with Crippen LogP contribution in [0.4, 0.5) is 0 Å². The molecule has 94 valence electrons. The molecular formula is C14H17N3O. The number of hydrogen-bond acceptors (Lipinski definition) is 4. The Kier molecular flexibility index (Phi) is 4.25. The average Bonchev–Trinajstić information content (AvgIpc) is 2.42. The molecule has 0 amide bonds. The number of rotatable bonds is 5. The minimum Gasteiger partial charge on any atom is -0.492 e. The van der Waals surface area contributed by atoms with Crippen LogP contribution in [-0.4, -0.2) is 23.6 Å². The van der Waals surface area contributed by atoms with Crippen molar-refractivity contribution in [2.75, 3.05) is 13.7 Å². The van der Waals surface area contributed by atoms with Crippen LogP contribution < -0.4 is 10.1 Å². The summed E-state index contributed by atoms with van der Waals surface area (Å²) in [5.74, 6) is 0.791. The van der Waals surface area contributed by atoms with Gasteiger partial charge in [-0.15, -0.1) is 0 Å². The Morgan fingerprint density at radius 3 is 2.72 bits per heavy atom. The lowest BCUT2D eigenvalue weighted by Gasteiger charge is -2.17. The smallest absolute Gasteiger partial charge is 0.137 e. The number of hydrogen-bond donors (Lipinski definition) is 1. The van der Waals surface area contributed by atoms with Gasteiger partial charge in [-0.25, -0.2) is 0 Å². The molecule has 1 atom stereocenters. The molecule has 0 aliphatic carbocycles. The maximum absolute atomic E-state index is 5.47. The lowest BCUT2D eigenvalue weighted by Crippen LogP contribution is -2.18. The fourth-order valence-electron chi connectivity index (χ4n) is 1.91. The lowest BCUT2D eigenvalue weighted by molar-refractivity contribution is 0.338. The highest BCUT2D eigenvalue weighted by atomic mass is 16.5. The molecule has 1 unspecified atom stereocenters. The maximum atomic E-state index is 5.47. The van der Waals surface area contributed by atoms with Crippen molar-refractivity contribution >= 4 is 0 Å². The van der Waals surface area contributed by atoms with E-state index in [2.05, 4.69) is 15.3 Å². The number of aromatic nitrogens is 2. The van der Waals surface area contributed by atoms with Crippen molar-refractivity contribution in [3.63, 3.8) is 0 Å². The quantitative estimate of drug-likeness (QED) is 0.874. The van der Waals surface area contributed by atoms with Gasteiger partial charge in [-0.2, -0.15) is 0 Å². The standard InChI is InChI=1S/C14H17N3O/c1-3-18-13-7-12(9-17-10-13)14(15-2)11-5-4-6-16-8-11/h4-10,14-15H,3H2,1-2H3. The molecule has 0 bridgehead atoms. The SMILES string of the molecule is CCOc1cncc(C(NC)c2cccnc2)c1. The molecule has 2 aromatic rings. The first-order chi connectivity index (χ1) is 8.85. The summed E-state index contributed by atoms with van der Waals surface area (Å²) in [6, 6.07) is 6.05. The molecule has 0 aliphatic heterocycles. The van der Waals surface area contributed by atoms with Gasteiger partial charge in [-0.3, -0.25) is 9.97 Å². The van der Waals surface area contributed by atoms with Gasteiger partial charge in [0.2, 0.25) is 0 Å². The maximum Gasteiger partial charge on any atom is 0.137 e. The summed E-state index contributed by atoms with van der Waals surface area (Å²) >= 11 is 0. The van der Waals surface area contributed by atoms with Crippen molar-refractivity contribution in [3.05, 3.63) is 54.1 Å². The van der Waals surface area contributed by atoms with E-state index in [9.17, 15) is 0 Å². The van der Waals surface area contributed by atoms with Gasteiger partial charge in [-0.1, -0.05) is 6.07 Å². The molecule has 0 fully saturated rings. The van der Waals surface area contributed by atoms with Crippen LogP contribution in [-0.2, 0) is 0 Å². The Bertz CT molecular complexity index is 487. The second-order valence-electron chi connectivity index (χ2n) is 3.90. The van der Waals surface area contributed by atoms with E-state index in [0.717, 1.165) is 16.9 Å². The van der Waals surface area contributed by atoms with Gasteiger partial charge in [0.1, 0.15) is 5.75 Å². The molecule has 2 rings (SSSR count). The minimum absolute atomic E-state index is 0.0756. The van der Waals surface area contributed by atoms with Crippen LogP contribution in [0, 0.1) is 0 Å². The number of nitrogens with zero attached hydrogens (tertiary/aromatic N) is 2. The van der Waals surface area contributed by atoms with Crippen LogP contribution >= 0.6 is 0 Å². The van der Waals surface area contributed by atoms with Gasteiger partial charge in [0.25, 0.3) is 0 Å². The van der Waals surface area contributed by atoms with E-state index in [1.54, 1.807) is 12.4 Å². The topological polar surface area (TPSA) is 47.0 Å². The summed E-state index contributed by atoms with van der Waals surface area (Å²) < 4.78 is 5.47. The van der Waals surface area contributed by atoms with Crippen LogP contribution in [0.3, 0.4) is 0 Å². The molecular weight excluding hydrogens is 226 g/mol. The van der Waals surface area contributed by atoms with Crippen molar-refractivity contribution in [2.45, 2.75) is 13.0 Å². The zero-order chi connectivity index (χ0) is 12.8. The third-order valence-corrected chi connectivity index (χ3v) is 2.69. The van der Waals surface area contributed by atoms with Crippen molar-refractivity contribution < 1.29 is 4.74 Å². The van der Waals surface area contributed by atoms with Gasteiger partial charge < -0.3 is 10.1 Å². The average molecular weight is 243 g/mol. The van der Waals surface area contributed by atoms with E-state index >= 15 is 0 Å². The first kappa shape index (κ1) is 12.5. The fourth-order valence-corrected chi connectivity index (χ4v) is 1.91. The van der Waals surface area contributed by atoms with E-state index in [0.29, 0.717) is 6.61 Å². The van der Waals surface area contributed by atoms with E-state index in [1.807, 2.05) is 44.6 Å². The Balaban J connectivity index is 2.30. The van der Waals surface area contributed by atoms with Gasteiger partial charge in [0, 0.05) is 18.6 Å². The van der Waals surface area contributed by atoms with Crippen LogP contribution in [0.25, 0.3) is 0 Å². The summed E-state index contributed by atoms with van der Waals surface area (Å²) in [5, 5.41) is 3.27. The lowest BCUT2D eigenvalue weighted by atomic mass is 10.0. The summed E-state index contributed by atoms with van der Waals surface area (Å²) in [4.78, 5) is 8.36. The minimum atomic E-state index is 0.0756. The number of pyridine rings is 2. The van der Waals surface area contributed by atoms with Crippen LogP contribution in [0.1, 0.15) is 24.1 Å². The van der Waals surface area contributed by atoms with Gasteiger partial charge >= 0.3 is 0 Å². The first-order valence-electron chi connectivity index (χ1n) is 6.00. The third kappa shape index (κ3) is 2.84. The van der Waals surface area contributed by atoms with Crippen LogP contribution in [0.15, 0.2) is 43.0 Å². The molecule has 1 N–H and O–H groups in total. The van der Waals surface area contributed by atoms with Gasteiger partial charge in [-0.05, 0) is 37.2 Å². The summed E-state index contributed by atoms with van der Waals surface area (Å²) in [6.45, 7) is 2.60. The second-order valence-corrected chi connectivity index (χ2v) is 3.90. The summed E-state index contributed by atoms with van der Waals surface area (Å²) in [7, 11) is 1.92. The van der Waals surface area contributed by atoms with E-state index < -0.39 is 0 Å². The molecule has 0 saturated heterocycles. The molecule has 0 saturated carbocycles.